The molecule has 0 aliphatic carbocycles. The minimum atomic E-state index is -1.40. The summed E-state index contributed by atoms with van der Waals surface area (Å²) in [5.74, 6) is -1.25. The van der Waals surface area contributed by atoms with E-state index in [4.69, 9.17) is 4.74 Å². The van der Waals surface area contributed by atoms with Gasteiger partial charge in [0.25, 0.3) is 0 Å². The van der Waals surface area contributed by atoms with E-state index in [2.05, 4.69) is 17.2 Å². The number of rotatable bonds is 12. The smallest absolute Gasteiger partial charge is 0.408 e. The Morgan fingerprint density at radius 3 is 2.56 bits per heavy atom. The first-order valence-corrected chi connectivity index (χ1v) is 11.4. The number of ether oxygens (including phenoxy) is 1. The van der Waals surface area contributed by atoms with Gasteiger partial charge in [0.15, 0.2) is 0 Å². The van der Waals surface area contributed by atoms with Gasteiger partial charge < -0.3 is 25.4 Å². The van der Waals surface area contributed by atoms with E-state index in [1.54, 1.807) is 51.1 Å². The number of nitrogens with one attached hydrogen (secondary N) is 2. The van der Waals surface area contributed by atoms with Crippen molar-refractivity contribution in [2.24, 2.45) is 0 Å². The molecule has 0 bridgehead atoms. The molecule has 0 fully saturated rings. The number of aliphatic hydroxyl groups is 1. The van der Waals surface area contributed by atoms with Crippen molar-refractivity contribution in [1.82, 2.24) is 15.5 Å². The third-order valence-corrected chi connectivity index (χ3v) is 4.80. The van der Waals surface area contributed by atoms with Crippen LogP contribution in [0.3, 0.4) is 0 Å². The molecular weight excluding hydrogens is 436 g/mol. The maximum atomic E-state index is 13.4. The molecule has 1 rings (SSSR count). The molecule has 3 amide bonds. The lowest BCUT2D eigenvalue weighted by Gasteiger charge is -2.32. The number of amides is 3. The van der Waals surface area contributed by atoms with Gasteiger partial charge in [-0.3, -0.25) is 9.59 Å². The van der Waals surface area contributed by atoms with Crippen molar-refractivity contribution in [1.29, 1.82) is 5.26 Å². The highest BCUT2D eigenvalue weighted by molar-refractivity contribution is 5.92. The first-order chi connectivity index (χ1) is 16.1. The highest BCUT2D eigenvalue weighted by Gasteiger charge is 2.36. The Hall–Kier alpha value is -3.38. The summed E-state index contributed by atoms with van der Waals surface area (Å²) in [7, 11) is 0. The van der Waals surface area contributed by atoms with Crippen LogP contribution in [-0.2, 0) is 14.3 Å². The van der Waals surface area contributed by atoms with Gasteiger partial charge in [0.1, 0.15) is 24.2 Å². The minimum Gasteiger partial charge on any atom is -0.444 e. The standard InChI is InChI=1S/C25H36N4O5/c1-6-8-9-14-27-22(31)21(19-12-10-11-18(7-2)16-19)29(15-13-26)23(32)20(17-30)28-24(33)34-25(3,4)5/h7,10-12,16,20-21,30H,2,6,8-9,14-15,17H2,1,3-5H3,(H,27,31)(H,28,33). The number of carbonyl (C=O) groups is 3. The summed E-state index contributed by atoms with van der Waals surface area (Å²) in [6.07, 6.45) is 3.40. The minimum absolute atomic E-state index is 0.415. The molecule has 34 heavy (non-hydrogen) atoms. The van der Waals surface area contributed by atoms with Crippen LogP contribution >= 0.6 is 0 Å². The Bertz CT molecular complexity index is 888. The van der Waals surface area contributed by atoms with Crippen LogP contribution in [0.4, 0.5) is 4.79 Å². The molecule has 0 aromatic heterocycles. The molecule has 1 aromatic carbocycles. The molecule has 9 heteroatoms. The number of hydrogen-bond donors (Lipinski definition) is 3. The Kier molecular flexibility index (Phi) is 11.8. The monoisotopic (exact) mass is 472 g/mol. The van der Waals surface area contributed by atoms with E-state index in [0.717, 1.165) is 29.7 Å². The van der Waals surface area contributed by atoms with Gasteiger partial charge in [-0.2, -0.15) is 5.26 Å². The van der Waals surface area contributed by atoms with Gasteiger partial charge in [-0.05, 0) is 44.4 Å². The van der Waals surface area contributed by atoms with Crippen molar-refractivity contribution >= 4 is 24.0 Å². The van der Waals surface area contributed by atoms with Crippen molar-refractivity contribution in [3.63, 3.8) is 0 Å². The molecule has 2 unspecified atom stereocenters. The van der Waals surface area contributed by atoms with Gasteiger partial charge in [0, 0.05) is 6.54 Å². The molecule has 0 saturated carbocycles. The van der Waals surface area contributed by atoms with Gasteiger partial charge in [-0.25, -0.2) is 4.79 Å². The van der Waals surface area contributed by atoms with Crippen LogP contribution in [0, 0.1) is 11.3 Å². The van der Waals surface area contributed by atoms with E-state index in [0.29, 0.717) is 12.1 Å². The largest absolute Gasteiger partial charge is 0.444 e. The molecule has 0 aliphatic rings. The SMILES string of the molecule is C=Cc1cccc(C(C(=O)NCCCCC)N(CC#N)C(=O)C(CO)NC(=O)OC(C)(C)C)c1. The van der Waals surface area contributed by atoms with E-state index in [9.17, 15) is 24.8 Å². The third kappa shape index (κ3) is 9.24. The first kappa shape index (κ1) is 28.7. The number of aliphatic hydroxyl groups excluding tert-OH is 1. The summed E-state index contributed by atoms with van der Waals surface area (Å²) in [5.41, 5.74) is 0.394. The van der Waals surface area contributed by atoms with Crippen molar-refractivity contribution in [2.75, 3.05) is 19.7 Å². The lowest BCUT2D eigenvalue weighted by atomic mass is 10.0. The van der Waals surface area contributed by atoms with Crippen LogP contribution in [0.2, 0.25) is 0 Å². The van der Waals surface area contributed by atoms with Gasteiger partial charge in [0.05, 0.1) is 12.7 Å². The predicted octanol–water partition coefficient (Wildman–Crippen LogP) is 2.91. The molecule has 0 spiro atoms. The second kappa shape index (κ2) is 14.0. The van der Waals surface area contributed by atoms with E-state index < -0.39 is 48.7 Å². The van der Waals surface area contributed by atoms with Crippen LogP contribution in [0.15, 0.2) is 30.8 Å². The Morgan fingerprint density at radius 2 is 2.00 bits per heavy atom. The topological polar surface area (TPSA) is 132 Å². The van der Waals surface area contributed by atoms with Crippen molar-refractivity contribution in [3.8, 4) is 6.07 Å². The second-order valence-corrected chi connectivity index (χ2v) is 8.78. The van der Waals surface area contributed by atoms with Gasteiger partial charge in [-0.15, -0.1) is 0 Å². The Balaban J connectivity index is 3.31. The van der Waals surface area contributed by atoms with E-state index in [1.807, 2.05) is 13.0 Å². The fourth-order valence-corrected chi connectivity index (χ4v) is 3.22. The lowest BCUT2D eigenvalue weighted by Crippen LogP contribution is -2.54. The molecule has 2 atom stereocenters. The highest BCUT2D eigenvalue weighted by Crippen LogP contribution is 2.24. The number of unbranched alkanes of at least 4 members (excludes halogenated alkanes) is 2. The number of alkyl carbamates (subject to hydrolysis) is 1. The fourth-order valence-electron chi connectivity index (χ4n) is 3.22. The number of nitriles is 1. The number of hydrogen-bond acceptors (Lipinski definition) is 6. The molecule has 0 saturated heterocycles. The summed E-state index contributed by atoms with van der Waals surface area (Å²) in [6.45, 7) is 10.0. The Morgan fingerprint density at radius 1 is 1.29 bits per heavy atom. The van der Waals surface area contributed by atoms with Crippen LogP contribution in [0.25, 0.3) is 6.08 Å². The zero-order valence-corrected chi connectivity index (χ0v) is 20.5. The summed E-state index contributed by atoms with van der Waals surface area (Å²) >= 11 is 0. The average Bonchev–Trinajstić information content (AvgIpc) is 2.78. The maximum absolute atomic E-state index is 13.4. The molecule has 0 aliphatic heterocycles. The molecule has 3 N–H and O–H groups in total. The van der Waals surface area contributed by atoms with E-state index in [1.165, 1.54) is 0 Å². The summed E-state index contributed by atoms with van der Waals surface area (Å²) < 4.78 is 5.17. The summed E-state index contributed by atoms with van der Waals surface area (Å²) in [5, 5.41) is 24.4. The fraction of sp³-hybridized carbons (Fsp3) is 0.520. The molecule has 186 valence electrons. The third-order valence-electron chi connectivity index (χ3n) is 4.80. The molecule has 0 heterocycles. The number of nitrogens with zero attached hydrogens (tertiary/aromatic N) is 2. The maximum Gasteiger partial charge on any atom is 0.408 e. The van der Waals surface area contributed by atoms with Gasteiger partial charge in [0.2, 0.25) is 11.8 Å². The lowest BCUT2D eigenvalue weighted by molar-refractivity contribution is -0.142. The van der Waals surface area contributed by atoms with Crippen LogP contribution < -0.4 is 10.6 Å². The van der Waals surface area contributed by atoms with Crippen molar-refractivity contribution in [3.05, 3.63) is 42.0 Å². The highest BCUT2D eigenvalue weighted by atomic mass is 16.6. The van der Waals surface area contributed by atoms with E-state index >= 15 is 0 Å². The molecule has 9 nitrogen and oxygen atoms in total. The van der Waals surface area contributed by atoms with Crippen molar-refractivity contribution in [2.45, 2.75) is 64.6 Å². The predicted molar refractivity (Wildman–Crippen MR) is 129 cm³/mol. The normalized spacial score (nSPS) is 12.6. The molecule has 0 radical (unpaired) electrons. The van der Waals surface area contributed by atoms with Gasteiger partial charge >= 0.3 is 6.09 Å². The van der Waals surface area contributed by atoms with Crippen LogP contribution in [0.1, 0.15) is 64.1 Å². The Labute approximate surface area is 201 Å². The summed E-state index contributed by atoms with van der Waals surface area (Å²) in [6, 6.07) is 6.26. The number of carbonyl (C=O) groups excluding carboxylic acids is 3. The van der Waals surface area contributed by atoms with Crippen LogP contribution in [-0.4, -0.2) is 59.3 Å². The van der Waals surface area contributed by atoms with Crippen molar-refractivity contribution < 1.29 is 24.2 Å². The summed E-state index contributed by atoms with van der Waals surface area (Å²) in [4.78, 5) is 39.8. The van der Waals surface area contributed by atoms with Gasteiger partial charge in [-0.1, -0.05) is 50.6 Å². The van der Waals surface area contributed by atoms with E-state index in [-0.39, 0.29) is 0 Å². The average molecular weight is 473 g/mol. The number of benzene rings is 1. The molecule has 1 aromatic rings. The zero-order chi connectivity index (χ0) is 25.7. The first-order valence-electron chi connectivity index (χ1n) is 11.4. The quantitative estimate of drug-likeness (QED) is 0.317. The second-order valence-electron chi connectivity index (χ2n) is 8.78. The molecular formula is C25H36N4O5. The van der Waals surface area contributed by atoms with Crippen LogP contribution in [0.5, 0.6) is 0 Å². The zero-order valence-electron chi connectivity index (χ0n) is 20.5.